The summed E-state index contributed by atoms with van der Waals surface area (Å²) in [6, 6.07) is -0.875. The van der Waals surface area contributed by atoms with Gasteiger partial charge >= 0.3 is 5.97 Å². The Bertz CT molecular complexity index is 1230. The first-order valence-electron chi connectivity index (χ1n) is 20.9. The lowest BCUT2D eigenvalue weighted by Gasteiger charge is -2.53. The second-order valence-corrected chi connectivity index (χ2v) is 18.2. The van der Waals surface area contributed by atoms with Crippen molar-refractivity contribution in [3.63, 3.8) is 0 Å². The molecule has 7 N–H and O–H groups in total. The molecule has 18 atom stereocenters. The normalized spacial score (nSPS) is 45.2. The predicted molar refractivity (Wildman–Crippen MR) is 212 cm³/mol. The van der Waals surface area contributed by atoms with Crippen LogP contribution < -0.4 is 10.6 Å². The fourth-order valence-electron chi connectivity index (χ4n) is 9.21. The van der Waals surface area contributed by atoms with E-state index in [1.54, 1.807) is 34.6 Å². The van der Waals surface area contributed by atoms with Crippen molar-refractivity contribution in [2.75, 3.05) is 40.8 Å². The van der Waals surface area contributed by atoms with Gasteiger partial charge in [0, 0.05) is 38.1 Å². The lowest BCUT2D eigenvalue weighted by molar-refractivity contribution is -0.336. The second kappa shape index (κ2) is 20.0. The van der Waals surface area contributed by atoms with Crippen LogP contribution in [0.15, 0.2) is 0 Å². The zero-order valence-corrected chi connectivity index (χ0v) is 36.8. The Balaban J connectivity index is 2.16. The van der Waals surface area contributed by atoms with E-state index in [0.717, 1.165) is 6.42 Å². The number of aliphatic hydroxyl groups is 5. The van der Waals surface area contributed by atoms with Crippen LogP contribution in [0.5, 0.6) is 0 Å². The molecule has 0 aromatic carbocycles. The number of nitrogens with zero attached hydrogens (tertiary/aromatic N) is 1. The van der Waals surface area contributed by atoms with Crippen molar-refractivity contribution in [3.8, 4) is 0 Å². The van der Waals surface area contributed by atoms with Crippen LogP contribution in [0.25, 0.3) is 0 Å². The van der Waals surface area contributed by atoms with Crippen molar-refractivity contribution in [1.82, 2.24) is 15.5 Å². The van der Waals surface area contributed by atoms with Gasteiger partial charge in [0.2, 0.25) is 0 Å². The minimum atomic E-state index is -1.81. The van der Waals surface area contributed by atoms with E-state index in [0.29, 0.717) is 19.5 Å². The third-order valence-corrected chi connectivity index (χ3v) is 13.0. The fraction of sp³-hybridized carbons (Fsp3) is 0.976. The molecule has 3 saturated heterocycles. The van der Waals surface area contributed by atoms with E-state index < -0.39 is 95.5 Å². The minimum absolute atomic E-state index is 0.0928. The van der Waals surface area contributed by atoms with Crippen molar-refractivity contribution in [1.29, 1.82) is 0 Å². The Morgan fingerprint density at radius 3 is 2.27 bits per heavy atom. The van der Waals surface area contributed by atoms with Crippen molar-refractivity contribution < 1.29 is 58.7 Å². The molecule has 0 radical (unpaired) electrons. The molecule has 3 fully saturated rings. The molecular formula is C41H79N3O12. The van der Waals surface area contributed by atoms with Gasteiger partial charge in [0.15, 0.2) is 12.6 Å². The fourth-order valence-corrected chi connectivity index (χ4v) is 9.21. The molecule has 3 heterocycles. The van der Waals surface area contributed by atoms with Crippen LogP contribution in [0.3, 0.4) is 0 Å². The van der Waals surface area contributed by atoms with Gasteiger partial charge in [0.1, 0.15) is 29.0 Å². The van der Waals surface area contributed by atoms with Crippen LogP contribution in [-0.4, -0.2) is 167 Å². The maximum Gasteiger partial charge on any atom is 0.311 e. The van der Waals surface area contributed by atoms with Gasteiger partial charge in [-0.1, -0.05) is 27.7 Å². The van der Waals surface area contributed by atoms with E-state index in [1.807, 2.05) is 53.6 Å². The summed E-state index contributed by atoms with van der Waals surface area (Å²) in [5.74, 6) is -2.67. The number of hydrogen-bond donors (Lipinski definition) is 7. The number of ether oxygens (including phenoxy) is 6. The summed E-state index contributed by atoms with van der Waals surface area (Å²) in [4.78, 5) is 16.4. The third kappa shape index (κ3) is 11.0. The number of rotatable bonds is 13. The topological polar surface area (TPSA) is 201 Å². The second-order valence-electron chi connectivity index (χ2n) is 18.2. The lowest BCUT2D eigenvalue weighted by atomic mass is 9.75. The van der Waals surface area contributed by atoms with Gasteiger partial charge in [-0.3, -0.25) is 4.79 Å². The molecule has 0 saturated carbocycles. The number of hydrogen-bond acceptors (Lipinski definition) is 15. The van der Waals surface area contributed by atoms with Crippen molar-refractivity contribution in [2.24, 2.45) is 17.8 Å². The first kappa shape index (κ1) is 49.3. The summed E-state index contributed by atoms with van der Waals surface area (Å²) >= 11 is 0. The summed E-state index contributed by atoms with van der Waals surface area (Å²) in [6.45, 7) is 20.9. The molecule has 56 heavy (non-hydrogen) atoms. The third-order valence-electron chi connectivity index (χ3n) is 13.0. The lowest BCUT2D eigenvalue weighted by Crippen LogP contribution is -2.70. The highest BCUT2D eigenvalue weighted by atomic mass is 16.7. The highest BCUT2D eigenvalue weighted by Crippen LogP contribution is 2.43. The molecule has 15 nitrogen and oxygen atoms in total. The van der Waals surface area contributed by atoms with Crippen LogP contribution in [0, 0.1) is 17.8 Å². The first-order valence-corrected chi connectivity index (χ1v) is 20.9. The molecule has 0 aliphatic carbocycles. The van der Waals surface area contributed by atoms with Crippen LogP contribution in [0.2, 0.25) is 0 Å². The van der Waals surface area contributed by atoms with Gasteiger partial charge in [0.25, 0.3) is 0 Å². The molecule has 3 aliphatic rings. The monoisotopic (exact) mass is 806 g/mol. The minimum Gasteiger partial charge on any atom is -0.457 e. The van der Waals surface area contributed by atoms with E-state index in [4.69, 9.17) is 28.4 Å². The molecule has 15 heteroatoms. The maximum absolute atomic E-state index is 14.5. The highest BCUT2D eigenvalue weighted by Gasteiger charge is 2.58. The molecule has 0 aromatic heterocycles. The summed E-state index contributed by atoms with van der Waals surface area (Å²) < 4.78 is 38.4. The highest BCUT2D eigenvalue weighted by molar-refractivity contribution is 5.73. The van der Waals surface area contributed by atoms with Crippen molar-refractivity contribution in [2.45, 2.75) is 198 Å². The molecule has 0 aromatic rings. The van der Waals surface area contributed by atoms with Gasteiger partial charge in [-0.15, -0.1) is 0 Å². The van der Waals surface area contributed by atoms with Gasteiger partial charge in [-0.25, -0.2) is 0 Å². The molecular weight excluding hydrogens is 726 g/mol. The quantitative estimate of drug-likeness (QED) is 0.105. The number of esters is 1. The average Bonchev–Trinajstić information content (AvgIpc) is 3.12. The number of aliphatic hydroxyl groups excluding tert-OH is 2. The maximum atomic E-state index is 14.5. The summed E-state index contributed by atoms with van der Waals surface area (Å²) in [6.07, 6.45) is -6.62. The molecule has 2 unspecified atom stereocenters. The molecule has 0 spiro atoms. The predicted octanol–water partition coefficient (Wildman–Crippen LogP) is 1.93. The van der Waals surface area contributed by atoms with Crippen LogP contribution in [0.4, 0.5) is 0 Å². The van der Waals surface area contributed by atoms with Crippen LogP contribution in [-0.2, 0) is 33.2 Å². The van der Waals surface area contributed by atoms with E-state index in [1.165, 1.54) is 14.0 Å². The number of likely N-dealkylation sites (N-methyl/N-ethyl adjacent to an activating group) is 1. The van der Waals surface area contributed by atoms with E-state index >= 15 is 0 Å². The Morgan fingerprint density at radius 1 is 1.05 bits per heavy atom. The van der Waals surface area contributed by atoms with Crippen molar-refractivity contribution >= 4 is 5.97 Å². The van der Waals surface area contributed by atoms with E-state index in [9.17, 15) is 30.3 Å². The SMILES string of the molecule is CCCNC[C@]1(O)[C@H](C)OC(O[C@H]2[C@H](C)[C@@H](O[C@@H]3O[C@H](C)C[C@H](N(C)C)[C@H]3O)[C@](C)(O)C[C@@H](C)CN[C@H](C)C([C@](C)(O)[C@H](O)CC)OC(=O)[C@@H]2C)C[C@@]1(C)OC. The standard InChI is InChI=1S/C41H79N3O12/c1-15-17-42-22-41(50)28(8)53-31(20-39(41,10)51-14)54-33-25(5)34(56-37-32(46)29(44(12)13)18-24(4)52-37)38(9,48)19-23(3)21-43-27(7)35(55-36(47)26(33)6)40(11,49)30(45)16-2/h23-35,37,42-43,45-46,48-50H,15-22H2,1-14H3/t23-,24-,25+,26-,27-,28+,29+,30-,31?,32-,33+,34-,35?,37+,38-,39-,40-,41+/m1/s1. The molecule has 0 amide bonds. The summed E-state index contributed by atoms with van der Waals surface area (Å²) in [7, 11) is 5.31. The Kier molecular flexibility index (Phi) is 17.6. The van der Waals surface area contributed by atoms with Gasteiger partial charge in [0.05, 0.1) is 42.0 Å². The number of carbonyl (C=O) groups excluding carboxylic acids is 1. The van der Waals surface area contributed by atoms with E-state index in [2.05, 4.69) is 10.6 Å². The molecule has 3 aliphatic heterocycles. The Hall–Kier alpha value is -1.05. The van der Waals surface area contributed by atoms with Gasteiger partial charge in [-0.05, 0) is 107 Å². The zero-order valence-electron chi connectivity index (χ0n) is 36.8. The van der Waals surface area contributed by atoms with Gasteiger partial charge < -0.3 is 69.5 Å². The summed E-state index contributed by atoms with van der Waals surface area (Å²) in [5.41, 5.74) is -5.93. The van der Waals surface area contributed by atoms with Crippen LogP contribution >= 0.6 is 0 Å². The molecule has 0 bridgehead atoms. The number of cyclic esters (lactones) is 1. The Labute approximate surface area is 336 Å². The Morgan fingerprint density at radius 2 is 1.70 bits per heavy atom. The van der Waals surface area contributed by atoms with Crippen LogP contribution in [0.1, 0.15) is 108 Å². The smallest absolute Gasteiger partial charge is 0.311 e. The molecule has 330 valence electrons. The van der Waals surface area contributed by atoms with Crippen molar-refractivity contribution in [3.05, 3.63) is 0 Å². The largest absolute Gasteiger partial charge is 0.457 e. The number of methoxy groups -OCH3 is 1. The number of nitrogens with one attached hydrogen (secondary N) is 2. The first-order chi connectivity index (χ1) is 25.9. The molecule has 3 rings (SSSR count). The zero-order chi connectivity index (χ0) is 42.6. The number of carbonyl (C=O) groups is 1. The van der Waals surface area contributed by atoms with Gasteiger partial charge in [-0.2, -0.15) is 0 Å². The summed E-state index contributed by atoms with van der Waals surface area (Å²) in [5, 5.41) is 65.4. The average molecular weight is 806 g/mol. The van der Waals surface area contributed by atoms with E-state index in [-0.39, 0.29) is 43.9 Å².